The fourth-order valence-corrected chi connectivity index (χ4v) is 2.99. The van der Waals surface area contributed by atoms with E-state index >= 15 is 0 Å². The first-order valence-electron chi connectivity index (χ1n) is 8.78. The molecule has 3 N–H and O–H groups in total. The third kappa shape index (κ3) is 3.96. The number of para-hydroxylation sites is 1. The Morgan fingerprint density at radius 1 is 1.18 bits per heavy atom. The molecule has 0 aliphatic heterocycles. The molecule has 0 saturated heterocycles. The average molecular weight is 382 g/mol. The monoisotopic (exact) mass is 382 g/mol. The van der Waals surface area contributed by atoms with Gasteiger partial charge in [-0.3, -0.25) is 10.1 Å². The number of carbonyl (C=O) groups is 2. The topological polar surface area (TPSA) is 108 Å². The fourth-order valence-electron chi connectivity index (χ4n) is 2.99. The summed E-state index contributed by atoms with van der Waals surface area (Å²) in [5.41, 5.74) is 8.25. The first-order valence-corrected chi connectivity index (χ1v) is 8.78. The second kappa shape index (κ2) is 8.53. The number of anilines is 2. The lowest BCUT2D eigenvalue weighted by molar-refractivity contribution is 0.0602. The molecular formula is C20H22N4O4. The first kappa shape index (κ1) is 19.4. The summed E-state index contributed by atoms with van der Waals surface area (Å²) in [5, 5.41) is 2.82. The minimum Gasteiger partial charge on any atom is -0.465 e. The van der Waals surface area contributed by atoms with Gasteiger partial charge in [0.25, 0.3) is 5.91 Å². The van der Waals surface area contributed by atoms with Gasteiger partial charge in [-0.25, -0.2) is 9.78 Å². The normalized spacial score (nSPS) is 10.8. The number of nitrogen functional groups attached to an aromatic ring is 1. The van der Waals surface area contributed by atoms with Gasteiger partial charge in [-0.2, -0.15) is 0 Å². The number of nitrogens with two attached hydrogens (primary N) is 1. The van der Waals surface area contributed by atoms with Crippen LogP contribution in [0.1, 0.15) is 27.1 Å². The molecule has 1 heterocycles. The third-order valence-electron chi connectivity index (χ3n) is 4.28. The number of aryl methyl sites for hydroxylation is 1. The molecule has 0 radical (unpaired) electrons. The predicted molar refractivity (Wildman–Crippen MR) is 106 cm³/mol. The van der Waals surface area contributed by atoms with E-state index in [2.05, 4.69) is 10.3 Å². The molecule has 3 aromatic rings. The summed E-state index contributed by atoms with van der Waals surface area (Å²) < 4.78 is 11.8. The SMILES string of the molecule is COCCCn1c(NC(=O)c2cccc(N)c2)nc2cccc(C(=O)OC)c21. The molecule has 0 fully saturated rings. The molecule has 1 amide bonds. The maximum Gasteiger partial charge on any atom is 0.340 e. The van der Waals surface area contributed by atoms with Crippen molar-refractivity contribution in [2.45, 2.75) is 13.0 Å². The first-order chi connectivity index (χ1) is 13.5. The van der Waals surface area contributed by atoms with E-state index in [-0.39, 0.29) is 5.91 Å². The van der Waals surface area contributed by atoms with Gasteiger partial charge < -0.3 is 19.8 Å². The number of benzene rings is 2. The highest BCUT2D eigenvalue weighted by atomic mass is 16.5. The van der Waals surface area contributed by atoms with E-state index in [0.29, 0.717) is 53.4 Å². The molecule has 2 aromatic carbocycles. The van der Waals surface area contributed by atoms with Gasteiger partial charge in [-0.05, 0) is 36.8 Å². The van der Waals surface area contributed by atoms with E-state index in [4.69, 9.17) is 15.2 Å². The van der Waals surface area contributed by atoms with Gasteiger partial charge in [0.05, 0.1) is 23.7 Å². The Balaban J connectivity index is 2.04. The van der Waals surface area contributed by atoms with Crippen molar-refractivity contribution in [2.24, 2.45) is 0 Å². The number of fused-ring (bicyclic) bond motifs is 1. The lowest BCUT2D eigenvalue weighted by atomic mass is 10.2. The molecule has 8 heteroatoms. The van der Waals surface area contributed by atoms with Crippen LogP contribution in [0.15, 0.2) is 42.5 Å². The zero-order valence-electron chi connectivity index (χ0n) is 15.8. The van der Waals surface area contributed by atoms with Crippen molar-refractivity contribution >= 4 is 34.5 Å². The van der Waals surface area contributed by atoms with Crippen molar-refractivity contribution in [3.05, 3.63) is 53.6 Å². The standard InChI is InChI=1S/C20H22N4O4/c1-27-11-5-10-24-17-15(19(26)28-2)8-4-9-16(17)22-20(24)23-18(25)13-6-3-7-14(21)12-13/h3-4,6-9,12H,5,10-11,21H2,1-2H3,(H,22,23,25). The molecule has 0 saturated carbocycles. The smallest absolute Gasteiger partial charge is 0.340 e. The maximum absolute atomic E-state index is 12.7. The quantitative estimate of drug-likeness (QED) is 0.369. The molecule has 3 rings (SSSR count). The number of rotatable bonds is 7. The molecule has 0 unspecified atom stereocenters. The summed E-state index contributed by atoms with van der Waals surface area (Å²) in [6, 6.07) is 11.9. The molecule has 0 aliphatic carbocycles. The van der Waals surface area contributed by atoms with Gasteiger partial charge in [0.1, 0.15) is 0 Å². The van der Waals surface area contributed by atoms with Crippen LogP contribution in [0.3, 0.4) is 0 Å². The average Bonchev–Trinajstić information content (AvgIpc) is 3.04. The van der Waals surface area contributed by atoms with Gasteiger partial charge >= 0.3 is 5.97 Å². The highest BCUT2D eigenvalue weighted by molar-refractivity contribution is 6.06. The molecule has 0 aliphatic rings. The van der Waals surface area contributed by atoms with Crippen LogP contribution < -0.4 is 11.1 Å². The Hall–Kier alpha value is -3.39. The number of hydrogen-bond acceptors (Lipinski definition) is 6. The number of imidazole rings is 1. The second-order valence-electron chi connectivity index (χ2n) is 6.18. The second-order valence-corrected chi connectivity index (χ2v) is 6.18. The number of esters is 1. The zero-order chi connectivity index (χ0) is 20.1. The summed E-state index contributed by atoms with van der Waals surface area (Å²) >= 11 is 0. The summed E-state index contributed by atoms with van der Waals surface area (Å²) in [6.07, 6.45) is 0.679. The molecule has 0 bridgehead atoms. The predicted octanol–water partition coefficient (Wildman–Crippen LogP) is 2.69. The van der Waals surface area contributed by atoms with Crippen LogP contribution in [0.25, 0.3) is 11.0 Å². The van der Waals surface area contributed by atoms with Crippen LogP contribution in [0.4, 0.5) is 11.6 Å². The largest absolute Gasteiger partial charge is 0.465 e. The number of nitrogens with one attached hydrogen (secondary N) is 1. The van der Waals surface area contributed by atoms with Gasteiger partial charge in [0.2, 0.25) is 5.95 Å². The van der Waals surface area contributed by atoms with Gasteiger partial charge in [0.15, 0.2) is 0 Å². The van der Waals surface area contributed by atoms with Crippen LogP contribution in [0.2, 0.25) is 0 Å². The fraction of sp³-hybridized carbons (Fsp3) is 0.250. The Bertz CT molecular complexity index is 1010. The van der Waals surface area contributed by atoms with Crippen LogP contribution in [0, 0.1) is 0 Å². The van der Waals surface area contributed by atoms with Crippen molar-refractivity contribution in [1.82, 2.24) is 9.55 Å². The van der Waals surface area contributed by atoms with E-state index in [9.17, 15) is 9.59 Å². The van der Waals surface area contributed by atoms with Gasteiger partial charge in [-0.15, -0.1) is 0 Å². The number of carbonyl (C=O) groups excluding carboxylic acids is 2. The summed E-state index contributed by atoms with van der Waals surface area (Å²) in [7, 11) is 2.95. The van der Waals surface area contributed by atoms with Gasteiger partial charge in [-0.1, -0.05) is 12.1 Å². The van der Waals surface area contributed by atoms with Crippen LogP contribution in [-0.2, 0) is 16.0 Å². The molecule has 0 atom stereocenters. The molecule has 8 nitrogen and oxygen atoms in total. The number of amides is 1. The Morgan fingerprint density at radius 2 is 1.96 bits per heavy atom. The number of nitrogens with zero attached hydrogens (tertiary/aromatic N) is 2. The Labute approximate surface area is 162 Å². The number of methoxy groups -OCH3 is 2. The number of hydrogen-bond donors (Lipinski definition) is 2. The van der Waals surface area contributed by atoms with E-state index in [0.717, 1.165) is 0 Å². The van der Waals surface area contributed by atoms with E-state index in [1.54, 1.807) is 54.1 Å². The van der Waals surface area contributed by atoms with Crippen LogP contribution in [0.5, 0.6) is 0 Å². The summed E-state index contributed by atoms with van der Waals surface area (Å²) in [4.78, 5) is 29.4. The Kier molecular flexibility index (Phi) is 5.90. The molecular weight excluding hydrogens is 360 g/mol. The lowest BCUT2D eigenvalue weighted by Crippen LogP contribution is -2.17. The van der Waals surface area contributed by atoms with E-state index < -0.39 is 5.97 Å². The minimum absolute atomic E-state index is 0.338. The maximum atomic E-state index is 12.7. The van der Waals surface area contributed by atoms with Crippen molar-refractivity contribution in [3.63, 3.8) is 0 Å². The third-order valence-corrected chi connectivity index (χ3v) is 4.28. The van der Waals surface area contributed by atoms with Crippen molar-refractivity contribution in [2.75, 3.05) is 31.9 Å². The number of aromatic nitrogens is 2. The van der Waals surface area contributed by atoms with Crippen molar-refractivity contribution in [3.8, 4) is 0 Å². The molecule has 0 spiro atoms. The lowest BCUT2D eigenvalue weighted by Gasteiger charge is -2.12. The highest BCUT2D eigenvalue weighted by Crippen LogP contribution is 2.25. The summed E-state index contributed by atoms with van der Waals surface area (Å²) in [6.45, 7) is 1.04. The van der Waals surface area contributed by atoms with Crippen LogP contribution >= 0.6 is 0 Å². The summed E-state index contributed by atoms with van der Waals surface area (Å²) in [5.74, 6) is -0.461. The van der Waals surface area contributed by atoms with E-state index in [1.807, 2.05) is 0 Å². The van der Waals surface area contributed by atoms with Gasteiger partial charge in [0, 0.05) is 31.5 Å². The molecule has 146 valence electrons. The molecule has 1 aromatic heterocycles. The Morgan fingerprint density at radius 3 is 2.68 bits per heavy atom. The number of ether oxygens (including phenoxy) is 2. The zero-order valence-corrected chi connectivity index (χ0v) is 15.8. The van der Waals surface area contributed by atoms with Crippen LogP contribution in [-0.4, -0.2) is 42.3 Å². The van der Waals surface area contributed by atoms with E-state index in [1.165, 1.54) is 7.11 Å². The molecule has 28 heavy (non-hydrogen) atoms. The van der Waals surface area contributed by atoms with Crippen molar-refractivity contribution in [1.29, 1.82) is 0 Å². The highest BCUT2D eigenvalue weighted by Gasteiger charge is 2.20. The minimum atomic E-state index is -0.466. The van der Waals surface area contributed by atoms with Crippen molar-refractivity contribution < 1.29 is 19.1 Å².